The molecule has 98 valence electrons. The summed E-state index contributed by atoms with van der Waals surface area (Å²) in [6.07, 6.45) is 1.36. The third-order valence-corrected chi connectivity index (χ3v) is 3.14. The normalized spacial score (nSPS) is 10.8. The molecule has 0 spiro atoms. The Morgan fingerprint density at radius 1 is 1.26 bits per heavy atom. The Bertz CT molecular complexity index is 596. The van der Waals surface area contributed by atoms with Crippen molar-refractivity contribution in [1.82, 2.24) is 0 Å². The van der Waals surface area contributed by atoms with Gasteiger partial charge in [0.25, 0.3) is 0 Å². The van der Waals surface area contributed by atoms with Crippen molar-refractivity contribution < 1.29 is 9.94 Å². The molecule has 0 saturated heterocycles. The molecule has 4 heteroatoms. The van der Waals surface area contributed by atoms with Gasteiger partial charge < -0.3 is 9.94 Å². The van der Waals surface area contributed by atoms with Crippen LogP contribution in [0, 0.1) is 6.92 Å². The van der Waals surface area contributed by atoms with Gasteiger partial charge in [-0.15, -0.1) is 0 Å². The van der Waals surface area contributed by atoms with Gasteiger partial charge in [-0.05, 0) is 30.7 Å². The second kappa shape index (κ2) is 6.38. The van der Waals surface area contributed by atoms with Crippen molar-refractivity contribution in [2.45, 2.75) is 13.5 Å². The summed E-state index contributed by atoms with van der Waals surface area (Å²) in [5.41, 5.74) is 3.04. The molecule has 3 nitrogen and oxygen atoms in total. The fraction of sp³-hybridized carbons (Fsp3) is 0.133. The Balaban J connectivity index is 2.15. The Morgan fingerprint density at radius 2 is 2.11 bits per heavy atom. The van der Waals surface area contributed by atoms with Crippen molar-refractivity contribution in [2.75, 3.05) is 0 Å². The van der Waals surface area contributed by atoms with E-state index in [4.69, 9.17) is 9.94 Å². The van der Waals surface area contributed by atoms with Crippen molar-refractivity contribution in [3.63, 3.8) is 0 Å². The highest BCUT2D eigenvalue weighted by Gasteiger charge is 2.03. The standard InChI is InChI=1S/C15H14BrNO2/c1-11-3-2-4-12(7-11)10-19-15-6-5-14(16)8-13(15)9-17-18/h2-9,18H,10H2,1H3/b17-9+. The summed E-state index contributed by atoms with van der Waals surface area (Å²) >= 11 is 3.37. The topological polar surface area (TPSA) is 41.8 Å². The monoisotopic (exact) mass is 319 g/mol. The van der Waals surface area contributed by atoms with Gasteiger partial charge in [0.15, 0.2) is 0 Å². The van der Waals surface area contributed by atoms with Crippen LogP contribution < -0.4 is 4.74 Å². The Hall–Kier alpha value is -1.81. The lowest BCUT2D eigenvalue weighted by Crippen LogP contribution is -1.98. The summed E-state index contributed by atoms with van der Waals surface area (Å²) in [7, 11) is 0. The first-order chi connectivity index (χ1) is 9.19. The molecule has 0 amide bonds. The largest absolute Gasteiger partial charge is 0.488 e. The van der Waals surface area contributed by atoms with Crippen LogP contribution in [0.4, 0.5) is 0 Å². The zero-order chi connectivity index (χ0) is 13.7. The van der Waals surface area contributed by atoms with Gasteiger partial charge in [0.2, 0.25) is 0 Å². The molecule has 2 aromatic rings. The smallest absolute Gasteiger partial charge is 0.128 e. The van der Waals surface area contributed by atoms with Crippen LogP contribution in [0.25, 0.3) is 0 Å². The second-order valence-electron chi connectivity index (χ2n) is 4.20. The lowest BCUT2D eigenvalue weighted by molar-refractivity contribution is 0.304. The average molecular weight is 320 g/mol. The van der Waals surface area contributed by atoms with E-state index in [1.807, 2.05) is 43.3 Å². The first kappa shape index (κ1) is 13.6. The van der Waals surface area contributed by atoms with Crippen LogP contribution >= 0.6 is 15.9 Å². The molecule has 0 bridgehead atoms. The number of rotatable bonds is 4. The Kier molecular flexibility index (Phi) is 4.58. The van der Waals surface area contributed by atoms with Gasteiger partial charge >= 0.3 is 0 Å². The number of hydrogen-bond acceptors (Lipinski definition) is 3. The maximum absolute atomic E-state index is 8.66. The van der Waals surface area contributed by atoms with Crippen LogP contribution in [0.5, 0.6) is 5.75 Å². The minimum atomic E-state index is 0.482. The van der Waals surface area contributed by atoms with Crippen LogP contribution in [0.2, 0.25) is 0 Å². The van der Waals surface area contributed by atoms with E-state index >= 15 is 0 Å². The predicted molar refractivity (Wildman–Crippen MR) is 79.0 cm³/mol. The highest BCUT2D eigenvalue weighted by Crippen LogP contribution is 2.23. The molecular weight excluding hydrogens is 306 g/mol. The summed E-state index contributed by atoms with van der Waals surface area (Å²) in [6, 6.07) is 13.7. The first-order valence-electron chi connectivity index (χ1n) is 5.84. The molecule has 0 aliphatic heterocycles. The molecule has 0 aromatic heterocycles. The van der Waals surface area contributed by atoms with Gasteiger partial charge in [0, 0.05) is 10.0 Å². The highest BCUT2D eigenvalue weighted by atomic mass is 79.9. The summed E-state index contributed by atoms with van der Waals surface area (Å²) in [6.45, 7) is 2.53. The van der Waals surface area contributed by atoms with Crippen LogP contribution in [-0.4, -0.2) is 11.4 Å². The van der Waals surface area contributed by atoms with Crippen LogP contribution in [0.15, 0.2) is 52.1 Å². The third-order valence-electron chi connectivity index (χ3n) is 2.65. The summed E-state index contributed by atoms with van der Waals surface area (Å²) in [5, 5.41) is 11.7. The van der Waals surface area contributed by atoms with E-state index in [0.717, 1.165) is 15.6 Å². The number of oxime groups is 1. The van der Waals surface area contributed by atoms with Crippen molar-refractivity contribution >= 4 is 22.1 Å². The highest BCUT2D eigenvalue weighted by molar-refractivity contribution is 9.10. The maximum atomic E-state index is 8.66. The van der Waals surface area contributed by atoms with E-state index in [2.05, 4.69) is 27.2 Å². The number of benzene rings is 2. The second-order valence-corrected chi connectivity index (χ2v) is 5.12. The van der Waals surface area contributed by atoms with E-state index in [9.17, 15) is 0 Å². The summed E-state index contributed by atoms with van der Waals surface area (Å²) in [4.78, 5) is 0. The Morgan fingerprint density at radius 3 is 2.84 bits per heavy atom. The van der Waals surface area contributed by atoms with Gasteiger partial charge in [-0.2, -0.15) is 0 Å². The van der Waals surface area contributed by atoms with E-state index in [0.29, 0.717) is 12.4 Å². The van der Waals surface area contributed by atoms with Gasteiger partial charge in [-0.3, -0.25) is 0 Å². The molecule has 0 heterocycles. The average Bonchev–Trinajstić information content (AvgIpc) is 2.38. The molecule has 0 atom stereocenters. The SMILES string of the molecule is Cc1cccc(COc2ccc(Br)cc2/C=N/O)c1. The predicted octanol–water partition coefficient (Wildman–Crippen LogP) is 4.14. The van der Waals surface area contributed by atoms with Crippen molar-refractivity contribution in [3.8, 4) is 5.75 Å². The quantitative estimate of drug-likeness (QED) is 0.522. The lowest BCUT2D eigenvalue weighted by atomic mass is 10.1. The van der Waals surface area contributed by atoms with Crippen LogP contribution in [0.1, 0.15) is 16.7 Å². The lowest BCUT2D eigenvalue weighted by Gasteiger charge is -2.09. The van der Waals surface area contributed by atoms with Gasteiger partial charge in [0.05, 0.1) is 6.21 Å². The molecule has 1 N–H and O–H groups in total. The summed E-state index contributed by atoms with van der Waals surface area (Å²) in [5.74, 6) is 0.683. The molecule has 0 aliphatic carbocycles. The zero-order valence-corrected chi connectivity index (χ0v) is 12.1. The molecule has 0 radical (unpaired) electrons. The Labute approximate surface area is 120 Å². The molecule has 2 aromatic carbocycles. The number of nitrogens with zero attached hydrogens (tertiary/aromatic N) is 1. The van der Waals surface area contributed by atoms with E-state index in [1.54, 1.807) is 0 Å². The third kappa shape index (κ3) is 3.83. The van der Waals surface area contributed by atoms with Crippen molar-refractivity contribution in [1.29, 1.82) is 0 Å². The minimum absolute atomic E-state index is 0.482. The number of ether oxygens (including phenoxy) is 1. The first-order valence-corrected chi connectivity index (χ1v) is 6.63. The fourth-order valence-corrected chi connectivity index (χ4v) is 2.16. The molecule has 2 rings (SSSR count). The van der Waals surface area contributed by atoms with Gasteiger partial charge in [-0.1, -0.05) is 50.9 Å². The van der Waals surface area contributed by atoms with Crippen LogP contribution in [0.3, 0.4) is 0 Å². The molecule has 0 fully saturated rings. The van der Waals surface area contributed by atoms with E-state index in [-0.39, 0.29) is 0 Å². The fourth-order valence-electron chi connectivity index (χ4n) is 1.78. The molecule has 0 saturated carbocycles. The van der Waals surface area contributed by atoms with Crippen LogP contribution in [-0.2, 0) is 6.61 Å². The summed E-state index contributed by atoms with van der Waals surface area (Å²) < 4.78 is 6.67. The molecule has 0 aliphatic rings. The van der Waals surface area contributed by atoms with Crippen molar-refractivity contribution in [2.24, 2.45) is 5.16 Å². The number of aryl methyl sites for hydroxylation is 1. The van der Waals surface area contributed by atoms with Gasteiger partial charge in [0.1, 0.15) is 12.4 Å². The number of hydrogen-bond donors (Lipinski definition) is 1. The number of halogens is 1. The van der Waals surface area contributed by atoms with Crippen molar-refractivity contribution in [3.05, 3.63) is 63.6 Å². The van der Waals surface area contributed by atoms with Gasteiger partial charge in [-0.25, -0.2) is 0 Å². The molecular formula is C15H14BrNO2. The maximum Gasteiger partial charge on any atom is 0.128 e. The zero-order valence-electron chi connectivity index (χ0n) is 10.5. The molecule has 19 heavy (non-hydrogen) atoms. The van der Waals surface area contributed by atoms with E-state index < -0.39 is 0 Å². The minimum Gasteiger partial charge on any atom is -0.488 e. The van der Waals surface area contributed by atoms with E-state index in [1.165, 1.54) is 11.8 Å². The molecule has 0 unspecified atom stereocenters.